The molecule has 0 aliphatic carbocycles. The molecule has 1 saturated heterocycles. The Bertz CT molecular complexity index is 621. The first-order valence-electron chi connectivity index (χ1n) is 7.28. The lowest BCUT2D eigenvalue weighted by molar-refractivity contribution is -0.182. The van der Waals surface area contributed by atoms with Gasteiger partial charge in [-0.05, 0) is 6.42 Å². The summed E-state index contributed by atoms with van der Waals surface area (Å²) in [6.45, 7) is -0.709. The highest BCUT2D eigenvalue weighted by atomic mass is 16.9. The minimum Gasteiger partial charge on any atom is -0.428 e. The second-order valence-corrected chi connectivity index (χ2v) is 4.97. The van der Waals surface area contributed by atoms with E-state index in [1.807, 2.05) is 0 Å². The van der Waals surface area contributed by atoms with E-state index < -0.39 is 42.5 Å². The van der Waals surface area contributed by atoms with Crippen LogP contribution >= 0.6 is 0 Å². The number of amides is 4. The van der Waals surface area contributed by atoms with E-state index in [4.69, 9.17) is 0 Å². The van der Waals surface area contributed by atoms with Crippen LogP contribution in [-0.4, -0.2) is 59.1 Å². The summed E-state index contributed by atoms with van der Waals surface area (Å²) >= 11 is 0. The van der Waals surface area contributed by atoms with Crippen molar-refractivity contribution in [2.45, 2.75) is 25.7 Å². The molecule has 134 valence electrons. The van der Waals surface area contributed by atoms with E-state index >= 15 is 0 Å². The average Bonchev–Trinajstić information content (AvgIpc) is 3.04. The molecule has 0 aromatic rings. The molecule has 0 atom stereocenters. The van der Waals surface area contributed by atoms with Crippen LogP contribution in [-0.2, 0) is 38.3 Å². The van der Waals surface area contributed by atoms with Crippen molar-refractivity contribution in [3.05, 3.63) is 12.2 Å². The van der Waals surface area contributed by atoms with Crippen molar-refractivity contribution < 1.29 is 43.1 Å². The smallest absolute Gasteiger partial charge is 0.428 e. The fourth-order valence-electron chi connectivity index (χ4n) is 2.01. The van der Waals surface area contributed by atoms with Crippen molar-refractivity contribution in [1.29, 1.82) is 0 Å². The van der Waals surface area contributed by atoms with Crippen molar-refractivity contribution in [2.75, 3.05) is 13.3 Å². The van der Waals surface area contributed by atoms with Gasteiger partial charge < -0.3 is 9.47 Å². The maximum atomic E-state index is 11.4. The summed E-state index contributed by atoms with van der Waals surface area (Å²) in [6.07, 6.45) is 0.858. The molecule has 0 aromatic carbocycles. The molecule has 4 amide bonds. The highest BCUT2D eigenvalue weighted by molar-refractivity contribution is 6.12. The Labute approximate surface area is 141 Å². The summed E-state index contributed by atoms with van der Waals surface area (Å²) in [5.41, 5.74) is 0. The SMILES string of the molecule is O=C(CCCN1C(=O)C=CC1=O)OCOC(=O)ON1C(=O)CCC1=O. The van der Waals surface area contributed by atoms with Crippen LogP contribution in [0.1, 0.15) is 25.7 Å². The van der Waals surface area contributed by atoms with Crippen LogP contribution in [0.3, 0.4) is 0 Å². The van der Waals surface area contributed by atoms with E-state index in [1.165, 1.54) is 0 Å². The number of carbonyl (C=O) groups is 6. The Balaban J connectivity index is 1.58. The van der Waals surface area contributed by atoms with E-state index in [0.29, 0.717) is 5.06 Å². The lowest BCUT2D eigenvalue weighted by atomic mass is 10.3. The fraction of sp³-hybridized carbons (Fsp3) is 0.429. The van der Waals surface area contributed by atoms with Gasteiger partial charge in [-0.3, -0.25) is 33.7 Å². The number of ether oxygens (including phenoxy) is 2. The molecule has 0 N–H and O–H groups in total. The van der Waals surface area contributed by atoms with Gasteiger partial charge in [-0.25, -0.2) is 4.79 Å². The number of hydrogen-bond acceptors (Lipinski definition) is 9. The lowest BCUT2D eigenvalue weighted by Crippen LogP contribution is -2.32. The molecular weight excluding hydrogens is 340 g/mol. The highest BCUT2D eigenvalue weighted by Crippen LogP contribution is 2.12. The van der Waals surface area contributed by atoms with Crippen molar-refractivity contribution in [3.63, 3.8) is 0 Å². The third-order valence-corrected chi connectivity index (χ3v) is 3.23. The Hall–Kier alpha value is -3.24. The molecule has 11 nitrogen and oxygen atoms in total. The van der Waals surface area contributed by atoms with Crippen LogP contribution < -0.4 is 0 Å². The summed E-state index contributed by atoms with van der Waals surface area (Å²) < 4.78 is 9.00. The normalized spacial score (nSPS) is 16.6. The molecule has 25 heavy (non-hydrogen) atoms. The van der Waals surface area contributed by atoms with Gasteiger partial charge in [-0.1, -0.05) is 5.06 Å². The van der Waals surface area contributed by atoms with Crippen molar-refractivity contribution >= 4 is 35.8 Å². The fourth-order valence-corrected chi connectivity index (χ4v) is 2.01. The van der Waals surface area contributed by atoms with Gasteiger partial charge in [-0.2, -0.15) is 0 Å². The van der Waals surface area contributed by atoms with Gasteiger partial charge in [-0.15, -0.1) is 0 Å². The number of carbonyl (C=O) groups excluding carboxylic acids is 6. The predicted octanol–water partition coefficient (Wildman–Crippen LogP) is -0.591. The van der Waals surface area contributed by atoms with E-state index in [2.05, 4.69) is 14.3 Å². The standard InChI is InChI=1S/C14H14N2O9/c17-9-3-4-10(18)15(9)7-1-2-13(21)23-8-24-14(22)25-16-11(19)5-6-12(16)20/h3-4H,1-2,5-8H2. The molecule has 1 fully saturated rings. The molecule has 2 aliphatic heterocycles. The predicted molar refractivity (Wildman–Crippen MR) is 74.7 cm³/mol. The Kier molecular flexibility index (Phi) is 5.82. The first kappa shape index (κ1) is 18.1. The quantitative estimate of drug-likeness (QED) is 0.333. The lowest BCUT2D eigenvalue weighted by Gasteiger charge is -2.13. The van der Waals surface area contributed by atoms with Gasteiger partial charge in [0.05, 0.1) is 0 Å². The third kappa shape index (κ3) is 4.86. The summed E-state index contributed by atoms with van der Waals surface area (Å²) in [5, 5.41) is 0.294. The zero-order valence-electron chi connectivity index (χ0n) is 13.0. The molecule has 0 radical (unpaired) electrons. The summed E-state index contributed by atoms with van der Waals surface area (Å²) in [6, 6.07) is 0. The first-order chi connectivity index (χ1) is 11.9. The molecule has 0 saturated carbocycles. The number of nitrogens with zero attached hydrogens (tertiary/aromatic N) is 2. The number of hydrogen-bond donors (Lipinski definition) is 0. The van der Waals surface area contributed by atoms with E-state index in [1.54, 1.807) is 0 Å². The average molecular weight is 354 g/mol. The van der Waals surface area contributed by atoms with Gasteiger partial charge in [0.25, 0.3) is 23.6 Å². The van der Waals surface area contributed by atoms with E-state index in [0.717, 1.165) is 17.1 Å². The highest BCUT2D eigenvalue weighted by Gasteiger charge is 2.33. The Morgan fingerprint density at radius 1 is 0.960 bits per heavy atom. The monoisotopic (exact) mass is 354 g/mol. The summed E-state index contributed by atoms with van der Waals surface area (Å²) in [4.78, 5) is 73.0. The molecule has 0 unspecified atom stereocenters. The molecule has 11 heteroatoms. The Morgan fingerprint density at radius 3 is 2.16 bits per heavy atom. The van der Waals surface area contributed by atoms with E-state index in [9.17, 15) is 28.8 Å². The zero-order valence-corrected chi connectivity index (χ0v) is 13.0. The van der Waals surface area contributed by atoms with E-state index in [-0.39, 0.29) is 32.2 Å². The van der Waals surface area contributed by atoms with Crippen molar-refractivity contribution in [1.82, 2.24) is 9.96 Å². The number of rotatable bonds is 7. The molecule has 2 heterocycles. The summed E-state index contributed by atoms with van der Waals surface area (Å²) in [5.74, 6) is -2.96. The van der Waals surface area contributed by atoms with Crippen molar-refractivity contribution in [2.24, 2.45) is 0 Å². The van der Waals surface area contributed by atoms with Gasteiger partial charge in [0.2, 0.25) is 6.79 Å². The second-order valence-electron chi connectivity index (χ2n) is 4.97. The number of hydroxylamine groups is 2. The molecule has 2 aliphatic rings. The molecular formula is C14H14N2O9. The molecule has 0 aromatic heterocycles. The zero-order chi connectivity index (χ0) is 18.4. The number of imide groups is 2. The minimum atomic E-state index is -1.37. The van der Waals surface area contributed by atoms with Crippen molar-refractivity contribution in [3.8, 4) is 0 Å². The maximum Gasteiger partial charge on any atom is 0.536 e. The van der Waals surface area contributed by atoms with Crippen LogP contribution in [0, 0.1) is 0 Å². The van der Waals surface area contributed by atoms with Gasteiger partial charge in [0.1, 0.15) is 0 Å². The maximum absolute atomic E-state index is 11.4. The second kappa shape index (κ2) is 8.04. The van der Waals surface area contributed by atoms with Crippen LogP contribution in [0.5, 0.6) is 0 Å². The largest absolute Gasteiger partial charge is 0.536 e. The first-order valence-corrected chi connectivity index (χ1v) is 7.28. The van der Waals surface area contributed by atoms with Crippen LogP contribution in [0.25, 0.3) is 0 Å². The minimum absolute atomic E-state index is 0.0569. The summed E-state index contributed by atoms with van der Waals surface area (Å²) in [7, 11) is 0. The van der Waals surface area contributed by atoms with Crippen LogP contribution in [0.4, 0.5) is 4.79 Å². The molecule has 0 bridgehead atoms. The van der Waals surface area contributed by atoms with Crippen LogP contribution in [0.15, 0.2) is 12.2 Å². The van der Waals surface area contributed by atoms with Crippen LogP contribution in [0.2, 0.25) is 0 Å². The van der Waals surface area contributed by atoms with Gasteiger partial charge in [0.15, 0.2) is 0 Å². The van der Waals surface area contributed by atoms with Gasteiger partial charge in [0, 0.05) is 38.0 Å². The molecule has 2 rings (SSSR count). The third-order valence-electron chi connectivity index (χ3n) is 3.23. The molecule has 0 spiro atoms. The van der Waals surface area contributed by atoms with Gasteiger partial charge >= 0.3 is 12.1 Å². The Morgan fingerprint density at radius 2 is 1.56 bits per heavy atom. The number of esters is 1. The topological polar surface area (TPSA) is 137 Å².